The van der Waals surface area contributed by atoms with Crippen LogP contribution in [0.25, 0.3) is 0 Å². The zero-order chi connectivity index (χ0) is 13.1. The molecule has 0 atom stereocenters. The Kier molecular flexibility index (Phi) is 5.71. The van der Waals surface area contributed by atoms with Gasteiger partial charge in [0.2, 0.25) is 0 Å². The minimum Gasteiger partial charge on any atom is -0.268 e. The van der Waals surface area contributed by atoms with Crippen LogP contribution in [0.5, 0.6) is 0 Å². The molecule has 98 valence electrons. The fourth-order valence-corrected chi connectivity index (χ4v) is 3.54. The number of rotatable bonds is 6. The van der Waals surface area contributed by atoms with E-state index in [2.05, 4.69) is 69.3 Å². The third-order valence-corrected chi connectivity index (χ3v) is 6.00. The van der Waals surface area contributed by atoms with Gasteiger partial charge in [-0.3, -0.25) is 4.68 Å². The Morgan fingerprint density at radius 2 is 1.82 bits per heavy atom. The summed E-state index contributed by atoms with van der Waals surface area (Å²) in [5, 5.41) is 5.62. The molecular formula is C13H22Br2N2. The van der Waals surface area contributed by atoms with Gasteiger partial charge in [-0.25, -0.2) is 0 Å². The first kappa shape index (κ1) is 15.2. The minimum absolute atomic E-state index is 0.349. The molecule has 0 saturated heterocycles. The summed E-state index contributed by atoms with van der Waals surface area (Å²) in [6.45, 7) is 9.70. The lowest BCUT2D eigenvalue weighted by Gasteiger charge is -2.29. The van der Waals surface area contributed by atoms with E-state index < -0.39 is 0 Å². The number of hydrogen-bond donors (Lipinski definition) is 0. The van der Waals surface area contributed by atoms with Crippen LogP contribution in [-0.2, 0) is 13.0 Å². The molecule has 0 radical (unpaired) electrons. The summed E-state index contributed by atoms with van der Waals surface area (Å²) in [4.78, 5) is 0. The van der Waals surface area contributed by atoms with Gasteiger partial charge in [0.25, 0.3) is 0 Å². The zero-order valence-electron chi connectivity index (χ0n) is 11.2. The smallest absolute Gasteiger partial charge is 0.0738 e. The molecule has 0 bridgehead atoms. The van der Waals surface area contributed by atoms with Gasteiger partial charge in [-0.05, 0) is 54.5 Å². The Hall–Kier alpha value is 0.170. The number of alkyl halides is 1. The maximum atomic E-state index is 4.57. The first-order valence-corrected chi connectivity index (χ1v) is 8.22. The summed E-state index contributed by atoms with van der Waals surface area (Å²) in [5.74, 6) is 0. The highest BCUT2D eigenvalue weighted by atomic mass is 79.9. The molecule has 0 unspecified atom stereocenters. The fraction of sp³-hybridized carbons (Fsp3) is 0.769. The summed E-state index contributed by atoms with van der Waals surface area (Å²) in [7, 11) is 0. The first-order chi connectivity index (χ1) is 8.03. The van der Waals surface area contributed by atoms with E-state index in [0.29, 0.717) is 5.41 Å². The molecule has 0 aliphatic carbocycles. The molecular weight excluding hydrogens is 344 g/mol. The van der Waals surface area contributed by atoms with Crippen molar-refractivity contribution in [2.45, 2.75) is 53.5 Å². The highest BCUT2D eigenvalue weighted by molar-refractivity contribution is 9.10. The third-order valence-electron chi connectivity index (χ3n) is 3.78. The molecule has 0 aliphatic heterocycles. The molecule has 0 N–H and O–H groups in total. The van der Waals surface area contributed by atoms with E-state index in [1.165, 1.54) is 23.0 Å². The van der Waals surface area contributed by atoms with Crippen LogP contribution in [0.4, 0.5) is 0 Å². The fourth-order valence-electron chi connectivity index (χ4n) is 2.13. The van der Waals surface area contributed by atoms with E-state index in [0.717, 1.165) is 24.0 Å². The van der Waals surface area contributed by atoms with Gasteiger partial charge in [0.1, 0.15) is 0 Å². The van der Waals surface area contributed by atoms with Gasteiger partial charge in [-0.1, -0.05) is 29.8 Å². The van der Waals surface area contributed by atoms with Crippen LogP contribution >= 0.6 is 31.9 Å². The number of aromatic nitrogens is 2. The van der Waals surface area contributed by atoms with Crippen molar-refractivity contribution in [2.24, 2.45) is 5.41 Å². The molecule has 2 nitrogen and oxygen atoms in total. The van der Waals surface area contributed by atoms with Crippen molar-refractivity contribution < 1.29 is 0 Å². The lowest BCUT2D eigenvalue weighted by atomic mass is 9.80. The Morgan fingerprint density at radius 1 is 1.24 bits per heavy atom. The molecule has 0 aromatic carbocycles. The summed E-state index contributed by atoms with van der Waals surface area (Å²) in [5.41, 5.74) is 2.78. The standard InChI is InChI=1S/C13H22Br2N2/c1-5-13(6-2,9-14)8-11-12(15)10(4)16-17(11)7-3/h5-9H2,1-4H3. The molecule has 1 rings (SSSR count). The lowest BCUT2D eigenvalue weighted by molar-refractivity contribution is 0.297. The van der Waals surface area contributed by atoms with Crippen LogP contribution in [0.2, 0.25) is 0 Å². The van der Waals surface area contributed by atoms with E-state index in [-0.39, 0.29) is 0 Å². The number of hydrogen-bond acceptors (Lipinski definition) is 1. The average molecular weight is 366 g/mol. The summed E-state index contributed by atoms with van der Waals surface area (Å²) < 4.78 is 3.31. The maximum absolute atomic E-state index is 4.57. The molecule has 0 spiro atoms. The predicted octanol–water partition coefficient (Wildman–Crippen LogP) is 4.72. The normalized spacial score (nSPS) is 12.1. The van der Waals surface area contributed by atoms with Crippen LogP contribution in [0.1, 0.15) is 45.0 Å². The predicted molar refractivity (Wildman–Crippen MR) is 80.9 cm³/mol. The Labute approximate surface area is 121 Å². The van der Waals surface area contributed by atoms with Gasteiger partial charge in [-0.15, -0.1) is 0 Å². The topological polar surface area (TPSA) is 17.8 Å². The summed E-state index contributed by atoms with van der Waals surface area (Å²) in [6, 6.07) is 0. The number of halogens is 2. The Bertz CT molecular complexity index is 359. The van der Waals surface area contributed by atoms with Gasteiger partial charge in [0.05, 0.1) is 15.9 Å². The number of aryl methyl sites for hydroxylation is 2. The Morgan fingerprint density at radius 3 is 2.24 bits per heavy atom. The van der Waals surface area contributed by atoms with Crippen molar-refractivity contribution in [1.29, 1.82) is 0 Å². The van der Waals surface area contributed by atoms with Gasteiger partial charge < -0.3 is 0 Å². The van der Waals surface area contributed by atoms with Crippen LogP contribution in [-0.4, -0.2) is 15.1 Å². The van der Waals surface area contributed by atoms with Gasteiger partial charge >= 0.3 is 0 Å². The Balaban J connectivity index is 3.08. The molecule has 1 aromatic heterocycles. The van der Waals surface area contributed by atoms with E-state index in [1.54, 1.807) is 0 Å². The lowest BCUT2D eigenvalue weighted by Crippen LogP contribution is -2.25. The molecule has 0 fully saturated rings. The minimum atomic E-state index is 0.349. The van der Waals surface area contributed by atoms with Crippen molar-refractivity contribution in [1.82, 2.24) is 9.78 Å². The van der Waals surface area contributed by atoms with Crippen molar-refractivity contribution in [2.75, 3.05) is 5.33 Å². The van der Waals surface area contributed by atoms with E-state index in [9.17, 15) is 0 Å². The van der Waals surface area contributed by atoms with Crippen molar-refractivity contribution in [3.8, 4) is 0 Å². The molecule has 0 amide bonds. The van der Waals surface area contributed by atoms with Crippen LogP contribution in [0, 0.1) is 12.3 Å². The number of nitrogens with zero attached hydrogens (tertiary/aromatic N) is 2. The first-order valence-electron chi connectivity index (χ1n) is 6.31. The third kappa shape index (κ3) is 3.14. The van der Waals surface area contributed by atoms with Gasteiger partial charge in [-0.2, -0.15) is 5.10 Å². The largest absolute Gasteiger partial charge is 0.268 e. The van der Waals surface area contributed by atoms with E-state index >= 15 is 0 Å². The van der Waals surface area contributed by atoms with Gasteiger partial charge in [0.15, 0.2) is 0 Å². The summed E-state index contributed by atoms with van der Waals surface area (Å²) >= 11 is 7.37. The molecule has 0 saturated carbocycles. The molecule has 17 heavy (non-hydrogen) atoms. The van der Waals surface area contributed by atoms with Gasteiger partial charge in [0, 0.05) is 11.9 Å². The second-order valence-corrected chi connectivity index (χ2v) is 6.03. The van der Waals surface area contributed by atoms with Crippen LogP contribution in [0.3, 0.4) is 0 Å². The van der Waals surface area contributed by atoms with Crippen molar-refractivity contribution >= 4 is 31.9 Å². The van der Waals surface area contributed by atoms with Crippen molar-refractivity contribution in [3.05, 3.63) is 15.9 Å². The second-order valence-electron chi connectivity index (χ2n) is 4.68. The van der Waals surface area contributed by atoms with Crippen LogP contribution in [0.15, 0.2) is 4.47 Å². The quantitative estimate of drug-likeness (QED) is 0.667. The monoisotopic (exact) mass is 364 g/mol. The SMILES string of the molecule is CCn1nc(C)c(Br)c1CC(CC)(CC)CBr. The molecule has 4 heteroatoms. The van der Waals surface area contributed by atoms with Crippen LogP contribution < -0.4 is 0 Å². The highest BCUT2D eigenvalue weighted by Gasteiger charge is 2.28. The second kappa shape index (κ2) is 6.37. The van der Waals surface area contributed by atoms with Crippen molar-refractivity contribution in [3.63, 3.8) is 0 Å². The molecule has 1 aromatic rings. The highest BCUT2D eigenvalue weighted by Crippen LogP contribution is 2.35. The van der Waals surface area contributed by atoms with E-state index in [1.807, 2.05) is 0 Å². The average Bonchev–Trinajstić information content (AvgIpc) is 2.63. The zero-order valence-corrected chi connectivity index (χ0v) is 14.4. The summed E-state index contributed by atoms with van der Waals surface area (Å²) in [6.07, 6.45) is 3.46. The molecule has 1 heterocycles. The van der Waals surface area contributed by atoms with E-state index in [4.69, 9.17) is 0 Å². The molecule has 0 aliphatic rings. The maximum Gasteiger partial charge on any atom is 0.0738 e.